The smallest absolute Gasteiger partial charge is 0.391 e. The fraction of sp³-hybridized carbons (Fsp3) is 0.609. The molecule has 0 spiro atoms. The highest BCUT2D eigenvalue weighted by Gasteiger charge is 2.61. The molecular weight excluding hydrogens is 886 g/mol. The third kappa shape index (κ3) is 10.3. The number of carbonyl (C=O) groups excluding carboxylic acids is 4. The minimum Gasteiger partial charge on any atom is -0.496 e. The quantitative estimate of drug-likeness (QED) is 0.136. The molecule has 65 heavy (non-hydrogen) atoms. The van der Waals surface area contributed by atoms with Crippen molar-refractivity contribution in [1.29, 1.82) is 0 Å². The van der Waals surface area contributed by atoms with Crippen molar-refractivity contribution >= 4 is 60.9 Å². The zero-order chi connectivity index (χ0) is 47.4. The predicted molar refractivity (Wildman–Crippen MR) is 241 cm³/mol. The van der Waals surface area contributed by atoms with Gasteiger partial charge in [0.1, 0.15) is 23.3 Å². The number of sulfonamides is 1. The van der Waals surface area contributed by atoms with Gasteiger partial charge in [0.2, 0.25) is 27.7 Å². The molecule has 19 heteroatoms. The highest BCUT2D eigenvalue weighted by atomic mass is 32.2. The summed E-state index contributed by atoms with van der Waals surface area (Å²) >= 11 is 1.43. The maximum Gasteiger partial charge on any atom is 0.391 e. The van der Waals surface area contributed by atoms with Gasteiger partial charge in [0.15, 0.2) is 10.9 Å². The topological polar surface area (TPSA) is 177 Å². The summed E-state index contributed by atoms with van der Waals surface area (Å²) in [5.74, 6) is -4.20. The summed E-state index contributed by atoms with van der Waals surface area (Å²) in [4.78, 5) is 69.9. The SMILES string of the molecule is C=C[C@@H]1C[C@]1(CC(=O)[C@@H]1C[C@@H](Oc2cc(-c3csc(NC(C)C)n3)nc3c(C)c(OC)ccc23)CN1C(=O)[C@@H](CC(=O)N1CCC(C(F)(F)F)CC1)C(C)(C)C)C(=O)NS(=O)(=O)C1CC1. The van der Waals surface area contributed by atoms with Gasteiger partial charge in [-0.05, 0) is 76.3 Å². The maximum absolute atomic E-state index is 15.0. The van der Waals surface area contributed by atoms with E-state index in [1.165, 1.54) is 27.2 Å². The second-order valence-corrected chi connectivity index (χ2v) is 22.3. The summed E-state index contributed by atoms with van der Waals surface area (Å²) < 4.78 is 80.9. The van der Waals surface area contributed by atoms with Crippen LogP contribution in [0.1, 0.15) is 91.5 Å². The summed E-state index contributed by atoms with van der Waals surface area (Å²) in [6.45, 7) is 14.8. The van der Waals surface area contributed by atoms with Crippen molar-refractivity contribution in [2.24, 2.45) is 28.6 Å². The van der Waals surface area contributed by atoms with E-state index in [9.17, 15) is 36.0 Å². The molecule has 3 aromatic rings. The van der Waals surface area contributed by atoms with Crippen molar-refractivity contribution in [3.05, 3.63) is 41.8 Å². The first kappa shape index (κ1) is 48.2. The predicted octanol–water partition coefficient (Wildman–Crippen LogP) is 7.46. The maximum atomic E-state index is 15.0. The molecule has 14 nitrogen and oxygen atoms in total. The number of fused-ring (bicyclic) bond motifs is 1. The van der Waals surface area contributed by atoms with Crippen LogP contribution in [0.4, 0.5) is 18.3 Å². The van der Waals surface area contributed by atoms with E-state index in [1.54, 1.807) is 40.0 Å². The van der Waals surface area contributed by atoms with Gasteiger partial charge in [0.05, 0.1) is 53.4 Å². The van der Waals surface area contributed by atoms with Crippen LogP contribution in [0.15, 0.2) is 36.2 Å². The molecule has 2 saturated carbocycles. The van der Waals surface area contributed by atoms with E-state index in [0.717, 1.165) is 5.56 Å². The Bertz CT molecular complexity index is 2460. The summed E-state index contributed by atoms with van der Waals surface area (Å²) in [6.07, 6.45) is -3.68. The highest BCUT2D eigenvalue weighted by Crippen LogP contribution is 2.57. The Morgan fingerprint density at radius 1 is 1.05 bits per heavy atom. The van der Waals surface area contributed by atoms with Gasteiger partial charge in [-0.2, -0.15) is 13.2 Å². The van der Waals surface area contributed by atoms with E-state index in [1.807, 2.05) is 32.2 Å². The van der Waals surface area contributed by atoms with Crippen LogP contribution in [-0.2, 0) is 29.2 Å². The second-order valence-electron chi connectivity index (χ2n) is 19.5. The van der Waals surface area contributed by atoms with E-state index in [-0.39, 0.29) is 64.2 Å². The van der Waals surface area contributed by atoms with Gasteiger partial charge in [-0.25, -0.2) is 18.4 Å². The number of amides is 3. The molecule has 4 fully saturated rings. The number of hydrogen-bond donors (Lipinski definition) is 2. The number of halogens is 3. The summed E-state index contributed by atoms with van der Waals surface area (Å²) in [7, 11) is -2.37. The van der Waals surface area contributed by atoms with Crippen molar-refractivity contribution in [2.45, 2.75) is 123 Å². The van der Waals surface area contributed by atoms with E-state index in [0.29, 0.717) is 51.8 Å². The Balaban J connectivity index is 1.21. The molecule has 3 amide bonds. The van der Waals surface area contributed by atoms with E-state index >= 15 is 4.79 Å². The number of allylic oxidation sites excluding steroid dienone is 1. The number of aromatic nitrogens is 2. The van der Waals surface area contributed by atoms with Crippen LogP contribution in [0.3, 0.4) is 0 Å². The lowest BCUT2D eigenvalue weighted by atomic mass is 9.77. The number of likely N-dealkylation sites (tertiary alicyclic amines) is 2. The second kappa shape index (κ2) is 18.1. The molecule has 2 aliphatic carbocycles. The standard InChI is InChI=1S/C46H59F3N6O8S2/c1-9-27-21-45(27,42(59)53-65(60,61)30-10-11-30)22-36(56)35-18-29(23-55(35)41(58)32(44(5,6)7)19-39(57)54-16-14-28(15-17-54)46(47,48)49)63-38-20-33(34-24-64-43(52-34)50-25(2)3)51-40-26(4)37(62-8)13-12-31(38)40/h9,12-13,20,24-25,27-30,32,35H,1,10-11,14-19,21-23H2,2-8H3,(H,50,52)(H,53,59)/t27-,29-,32-,35+,45-/m1/s1. The fourth-order valence-electron chi connectivity index (χ4n) is 9.18. The molecule has 4 heterocycles. The zero-order valence-corrected chi connectivity index (χ0v) is 39.6. The van der Waals surface area contributed by atoms with Gasteiger partial charge in [-0.1, -0.05) is 26.8 Å². The van der Waals surface area contributed by atoms with E-state index in [4.69, 9.17) is 19.4 Å². The number of pyridine rings is 1. The number of carbonyl (C=O) groups is 4. The highest BCUT2D eigenvalue weighted by molar-refractivity contribution is 7.90. The number of hydrogen-bond acceptors (Lipinski definition) is 12. The number of nitrogens with zero attached hydrogens (tertiary/aromatic N) is 4. The molecule has 0 bridgehead atoms. The lowest BCUT2D eigenvalue weighted by molar-refractivity contribution is -0.186. The van der Waals surface area contributed by atoms with Crippen molar-refractivity contribution in [3.63, 3.8) is 0 Å². The zero-order valence-electron chi connectivity index (χ0n) is 37.9. The van der Waals surface area contributed by atoms with Crippen LogP contribution >= 0.6 is 11.3 Å². The number of alkyl halides is 3. The third-order valence-corrected chi connectivity index (χ3v) is 15.9. The lowest BCUT2D eigenvalue weighted by Gasteiger charge is -2.37. The first-order valence-electron chi connectivity index (χ1n) is 22.2. The van der Waals surface area contributed by atoms with E-state index < -0.39 is 85.7 Å². The minimum atomic E-state index is -4.36. The molecule has 2 aliphatic heterocycles. The first-order chi connectivity index (χ1) is 30.4. The number of aryl methyl sites for hydroxylation is 1. The Morgan fingerprint density at radius 2 is 1.74 bits per heavy atom. The Hall–Kier alpha value is -4.78. The fourth-order valence-corrected chi connectivity index (χ4v) is 11.4. The number of benzene rings is 1. The van der Waals surface area contributed by atoms with Gasteiger partial charge in [-0.15, -0.1) is 17.9 Å². The summed E-state index contributed by atoms with van der Waals surface area (Å²) in [5, 5.41) is 5.87. The van der Waals surface area contributed by atoms with Crippen molar-refractivity contribution in [2.75, 3.05) is 32.1 Å². The number of piperidine rings is 1. The van der Waals surface area contributed by atoms with Gasteiger partial charge < -0.3 is 24.6 Å². The van der Waals surface area contributed by atoms with Crippen LogP contribution in [-0.4, -0.2) is 108 Å². The molecule has 354 valence electrons. The molecule has 4 aliphatic rings. The number of thiazole rings is 1. The van der Waals surface area contributed by atoms with Gasteiger partial charge in [0.25, 0.3) is 0 Å². The van der Waals surface area contributed by atoms with Crippen molar-refractivity contribution in [3.8, 4) is 22.9 Å². The van der Waals surface area contributed by atoms with Crippen LogP contribution < -0.4 is 19.5 Å². The normalized spacial score (nSPS) is 23.3. The van der Waals surface area contributed by atoms with Crippen molar-refractivity contribution < 1.29 is 50.2 Å². The largest absolute Gasteiger partial charge is 0.496 e. The van der Waals surface area contributed by atoms with Gasteiger partial charge in [0, 0.05) is 60.8 Å². The number of ether oxygens (including phenoxy) is 2. The van der Waals surface area contributed by atoms with Crippen LogP contribution in [0.5, 0.6) is 11.5 Å². The third-order valence-electron chi connectivity index (χ3n) is 13.3. The average molecular weight is 945 g/mol. The van der Waals surface area contributed by atoms with Gasteiger partial charge in [-0.3, -0.25) is 23.9 Å². The molecule has 2 N–H and O–H groups in total. The monoisotopic (exact) mass is 944 g/mol. The average Bonchev–Trinajstić information content (AvgIpc) is 4.13. The Labute approximate surface area is 382 Å². The molecule has 0 unspecified atom stereocenters. The molecule has 0 radical (unpaired) electrons. The number of Topliss-reactive ketones (excluding diaryl/α,β-unsaturated/α-hetero) is 1. The number of nitrogens with one attached hydrogen (secondary N) is 2. The molecule has 2 saturated heterocycles. The van der Waals surface area contributed by atoms with Crippen LogP contribution in [0.2, 0.25) is 0 Å². The number of methoxy groups -OCH3 is 1. The molecule has 1 aromatic carbocycles. The summed E-state index contributed by atoms with van der Waals surface area (Å²) in [6, 6.07) is 4.39. The number of anilines is 1. The first-order valence-corrected chi connectivity index (χ1v) is 24.6. The lowest BCUT2D eigenvalue weighted by Crippen LogP contribution is -2.50. The van der Waals surface area contributed by atoms with Crippen molar-refractivity contribution in [1.82, 2.24) is 24.5 Å². The molecule has 7 rings (SSSR count). The number of ketones is 1. The minimum absolute atomic E-state index is 0.00457. The van der Waals surface area contributed by atoms with Crippen LogP contribution in [0.25, 0.3) is 22.3 Å². The molecule has 2 aromatic heterocycles. The summed E-state index contributed by atoms with van der Waals surface area (Å²) in [5.41, 5.74) is 0.218. The van der Waals surface area contributed by atoms with Gasteiger partial charge >= 0.3 is 6.18 Å². The Kier molecular flexibility index (Phi) is 13.4. The number of rotatable bonds is 16. The van der Waals surface area contributed by atoms with E-state index in [2.05, 4.69) is 16.6 Å². The Morgan fingerprint density at radius 3 is 2.32 bits per heavy atom. The molecule has 5 atom stereocenters. The molecular formula is C46H59F3N6O8S2. The van der Waals surface area contributed by atoms with Crippen LogP contribution in [0, 0.1) is 35.5 Å².